The van der Waals surface area contributed by atoms with E-state index in [9.17, 15) is 19.8 Å². The molecule has 0 fully saturated rings. The molecule has 2 aliphatic rings. The Kier molecular flexibility index (Phi) is 3.07. The summed E-state index contributed by atoms with van der Waals surface area (Å²) in [4.78, 5) is 25.2. The zero-order chi connectivity index (χ0) is 15.3. The largest absolute Gasteiger partial charge is 0.508 e. The van der Waals surface area contributed by atoms with Crippen LogP contribution in [0.2, 0.25) is 0 Å². The summed E-state index contributed by atoms with van der Waals surface area (Å²) < 4.78 is 10.7. The first-order chi connectivity index (χ1) is 9.93. The molecule has 0 spiro atoms. The van der Waals surface area contributed by atoms with Gasteiger partial charge in [0, 0.05) is 30.7 Å². The van der Waals surface area contributed by atoms with Crippen LogP contribution in [0.25, 0.3) is 0 Å². The van der Waals surface area contributed by atoms with Crippen LogP contribution in [-0.2, 0) is 9.47 Å². The van der Waals surface area contributed by atoms with Crippen molar-refractivity contribution >= 4 is 11.6 Å². The van der Waals surface area contributed by atoms with Gasteiger partial charge in [0.1, 0.15) is 11.5 Å². The summed E-state index contributed by atoms with van der Waals surface area (Å²) in [5.41, 5.74) is 0.356. The fraction of sp³-hybridized carbons (Fsp3) is 0.333. The first-order valence-electron chi connectivity index (χ1n) is 6.50. The molecule has 1 aliphatic carbocycles. The molecular weight excluding hydrogens is 276 g/mol. The molecule has 6 heteroatoms. The van der Waals surface area contributed by atoms with Gasteiger partial charge in [-0.3, -0.25) is 9.59 Å². The Bertz CT molecular complexity index is 688. The van der Waals surface area contributed by atoms with Gasteiger partial charge in [-0.2, -0.15) is 0 Å². The fourth-order valence-electron chi connectivity index (χ4n) is 2.83. The molecule has 0 saturated carbocycles. The first kappa shape index (κ1) is 13.8. The summed E-state index contributed by atoms with van der Waals surface area (Å²) in [6, 6.07) is 2.23. The molecule has 1 aromatic carbocycles. The van der Waals surface area contributed by atoms with Crippen molar-refractivity contribution < 1.29 is 29.3 Å². The maximum atomic E-state index is 12.6. The molecule has 0 aromatic heterocycles. The Morgan fingerprint density at radius 2 is 1.95 bits per heavy atom. The molecular formula is C15H14O6. The van der Waals surface area contributed by atoms with E-state index in [1.807, 2.05) is 0 Å². The molecule has 0 amide bonds. The molecule has 0 saturated heterocycles. The smallest absolute Gasteiger partial charge is 0.198 e. The SMILES string of the molecule is CO[C@@H]1O[C@@H](C)CC2=C1C(=O)c1c(O)cc(O)cc1C2=O. The number of methoxy groups -OCH3 is 1. The molecule has 2 N–H and O–H groups in total. The summed E-state index contributed by atoms with van der Waals surface area (Å²) in [6.07, 6.45) is -0.908. The van der Waals surface area contributed by atoms with Gasteiger partial charge in [-0.15, -0.1) is 0 Å². The number of phenols is 2. The van der Waals surface area contributed by atoms with Crippen LogP contribution >= 0.6 is 0 Å². The second kappa shape index (κ2) is 4.68. The second-order valence-electron chi connectivity index (χ2n) is 5.16. The highest BCUT2D eigenvalue weighted by atomic mass is 16.7. The van der Waals surface area contributed by atoms with Crippen molar-refractivity contribution in [3.63, 3.8) is 0 Å². The van der Waals surface area contributed by atoms with Crippen molar-refractivity contribution in [2.45, 2.75) is 25.7 Å². The number of ketones is 2. The summed E-state index contributed by atoms with van der Waals surface area (Å²) in [5.74, 6) is -1.58. The monoisotopic (exact) mass is 290 g/mol. The van der Waals surface area contributed by atoms with E-state index in [0.717, 1.165) is 6.07 Å². The number of carbonyl (C=O) groups excluding carboxylic acids is 2. The van der Waals surface area contributed by atoms with E-state index in [1.165, 1.54) is 13.2 Å². The minimum Gasteiger partial charge on any atom is -0.508 e. The molecule has 0 radical (unpaired) electrons. The number of ether oxygens (including phenoxy) is 2. The average Bonchev–Trinajstić information content (AvgIpc) is 2.42. The van der Waals surface area contributed by atoms with Crippen molar-refractivity contribution in [2.24, 2.45) is 0 Å². The van der Waals surface area contributed by atoms with Gasteiger partial charge in [0.15, 0.2) is 17.9 Å². The lowest BCUT2D eigenvalue weighted by Crippen LogP contribution is -2.38. The quantitative estimate of drug-likeness (QED) is 0.815. The van der Waals surface area contributed by atoms with Crippen LogP contribution in [0.15, 0.2) is 23.3 Å². The van der Waals surface area contributed by atoms with E-state index in [-0.39, 0.29) is 40.8 Å². The van der Waals surface area contributed by atoms with Gasteiger partial charge in [-0.1, -0.05) is 0 Å². The van der Waals surface area contributed by atoms with Crippen LogP contribution in [0.3, 0.4) is 0 Å². The lowest BCUT2D eigenvalue weighted by molar-refractivity contribution is -0.133. The van der Waals surface area contributed by atoms with Crippen LogP contribution in [0.4, 0.5) is 0 Å². The highest BCUT2D eigenvalue weighted by Crippen LogP contribution is 2.40. The molecule has 21 heavy (non-hydrogen) atoms. The van der Waals surface area contributed by atoms with Gasteiger partial charge in [0.05, 0.1) is 17.2 Å². The van der Waals surface area contributed by atoms with Crippen LogP contribution in [0.1, 0.15) is 34.1 Å². The van der Waals surface area contributed by atoms with Crippen molar-refractivity contribution in [2.75, 3.05) is 7.11 Å². The number of hydrogen-bond acceptors (Lipinski definition) is 6. The number of Topliss-reactive ketones (excluding diaryl/α,β-unsaturated/α-hetero) is 2. The highest BCUT2D eigenvalue weighted by molar-refractivity contribution is 6.28. The van der Waals surface area contributed by atoms with Gasteiger partial charge in [-0.25, -0.2) is 0 Å². The molecule has 0 unspecified atom stereocenters. The zero-order valence-corrected chi connectivity index (χ0v) is 11.5. The molecule has 3 rings (SSSR count). The Hall–Kier alpha value is -2.18. The normalized spacial score (nSPS) is 24.9. The van der Waals surface area contributed by atoms with Gasteiger partial charge < -0.3 is 19.7 Å². The van der Waals surface area contributed by atoms with Gasteiger partial charge >= 0.3 is 0 Å². The maximum Gasteiger partial charge on any atom is 0.198 e. The van der Waals surface area contributed by atoms with E-state index in [4.69, 9.17) is 9.47 Å². The van der Waals surface area contributed by atoms with Crippen molar-refractivity contribution in [3.05, 3.63) is 34.4 Å². The summed E-state index contributed by atoms with van der Waals surface area (Å²) in [7, 11) is 1.39. The van der Waals surface area contributed by atoms with E-state index >= 15 is 0 Å². The Morgan fingerprint density at radius 3 is 2.62 bits per heavy atom. The molecule has 2 atom stereocenters. The maximum absolute atomic E-state index is 12.6. The predicted molar refractivity (Wildman–Crippen MR) is 71.4 cm³/mol. The van der Waals surface area contributed by atoms with Gasteiger partial charge in [-0.05, 0) is 13.0 Å². The lowest BCUT2D eigenvalue weighted by atomic mass is 9.80. The molecule has 0 bridgehead atoms. The highest BCUT2D eigenvalue weighted by Gasteiger charge is 2.42. The average molecular weight is 290 g/mol. The standard InChI is InChI=1S/C15H14O6/c1-6-3-8-12(15(20-2)21-6)14(19)11-9(13(8)18)4-7(16)5-10(11)17/h4-6,15-17H,3H2,1-2H3/t6-,15+/m0/s1. The van der Waals surface area contributed by atoms with Crippen LogP contribution in [-0.4, -0.2) is 41.3 Å². The fourth-order valence-corrected chi connectivity index (χ4v) is 2.83. The summed E-state index contributed by atoms with van der Waals surface area (Å²) in [6.45, 7) is 1.78. The van der Waals surface area contributed by atoms with Gasteiger partial charge in [0.2, 0.25) is 0 Å². The third-order valence-corrected chi connectivity index (χ3v) is 3.72. The number of rotatable bonds is 1. The minimum absolute atomic E-state index is 0.0141. The third-order valence-electron chi connectivity index (χ3n) is 3.72. The number of phenolic OH excluding ortho intramolecular Hbond substituents is 2. The predicted octanol–water partition coefficient (Wildman–Crippen LogP) is 1.55. The Labute approximate surface area is 120 Å². The van der Waals surface area contributed by atoms with Crippen LogP contribution in [0.5, 0.6) is 11.5 Å². The number of benzene rings is 1. The third kappa shape index (κ3) is 1.95. The van der Waals surface area contributed by atoms with E-state index in [1.54, 1.807) is 6.92 Å². The Morgan fingerprint density at radius 1 is 1.24 bits per heavy atom. The molecule has 1 aliphatic heterocycles. The molecule has 6 nitrogen and oxygen atoms in total. The van der Waals surface area contributed by atoms with Crippen molar-refractivity contribution in [3.8, 4) is 11.5 Å². The van der Waals surface area contributed by atoms with Gasteiger partial charge in [0.25, 0.3) is 0 Å². The van der Waals surface area contributed by atoms with E-state index in [0.29, 0.717) is 5.57 Å². The van der Waals surface area contributed by atoms with Crippen LogP contribution in [0, 0.1) is 0 Å². The summed E-state index contributed by atoms with van der Waals surface area (Å²) in [5, 5.41) is 19.4. The molecule has 1 heterocycles. The van der Waals surface area contributed by atoms with Crippen molar-refractivity contribution in [1.82, 2.24) is 0 Å². The van der Waals surface area contributed by atoms with Crippen molar-refractivity contribution in [1.29, 1.82) is 0 Å². The molecule has 1 aromatic rings. The number of aromatic hydroxyl groups is 2. The Balaban J connectivity index is 2.24. The topological polar surface area (TPSA) is 93.1 Å². The van der Waals surface area contributed by atoms with E-state index in [2.05, 4.69) is 0 Å². The zero-order valence-electron chi connectivity index (χ0n) is 11.5. The molecule has 110 valence electrons. The second-order valence-corrected chi connectivity index (χ2v) is 5.16. The van der Waals surface area contributed by atoms with E-state index < -0.39 is 17.8 Å². The number of fused-ring (bicyclic) bond motifs is 1. The number of carbonyl (C=O) groups is 2. The lowest BCUT2D eigenvalue weighted by Gasteiger charge is -2.33. The first-order valence-corrected chi connectivity index (χ1v) is 6.50. The minimum atomic E-state index is -0.929. The summed E-state index contributed by atoms with van der Waals surface area (Å²) >= 11 is 0. The number of hydrogen-bond donors (Lipinski definition) is 2. The van der Waals surface area contributed by atoms with Crippen LogP contribution < -0.4 is 0 Å².